The van der Waals surface area contributed by atoms with Gasteiger partial charge in [-0.3, -0.25) is 20.4 Å². The van der Waals surface area contributed by atoms with Crippen LogP contribution in [0, 0.1) is 29.6 Å². The van der Waals surface area contributed by atoms with Gasteiger partial charge in [-0.15, -0.1) is 0 Å². The van der Waals surface area contributed by atoms with Gasteiger partial charge in [0.15, 0.2) is 0 Å². The van der Waals surface area contributed by atoms with Crippen molar-refractivity contribution in [3.63, 3.8) is 0 Å². The summed E-state index contributed by atoms with van der Waals surface area (Å²) in [4.78, 5) is 18.6. The molecule has 164 valence electrons. The molecule has 8 atom stereocenters. The van der Waals surface area contributed by atoms with Crippen molar-refractivity contribution in [2.24, 2.45) is 29.6 Å². The minimum atomic E-state index is -0.385. The van der Waals surface area contributed by atoms with Gasteiger partial charge < -0.3 is 10.4 Å². The first-order valence-electron chi connectivity index (χ1n) is 11.7. The number of β-amino-alcohol motifs (C(OH)–C–C–N with tert-alkyl or cyclic N) is 1. The molecule has 3 aliphatic carbocycles. The number of rotatable bonds is 6. The standard InChI is InChI=1S/C21H37N5O3/c1-12(27)10-26-11-16(9-22-26)20(28)23-18-7-5-14-8-15(4-6-17(14)18)19-24-21(29-25-19)13-2-3-13/h12-19,21-22,24-25,27H,2-11H2,1H3,(H,23,28)/t12-,14?,15?,16?,17?,18-,19?,21?/m1/s1. The van der Waals surface area contributed by atoms with E-state index in [1.807, 2.05) is 5.01 Å². The number of hydrogen-bond donors (Lipinski definition) is 5. The van der Waals surface area contributed by atoms with Crippen molar-refractivity contribution in [1.29, 1.82) is 0 Å². The van der Waals surface area contributed by atoms with Gasteiger partial charge in [-0.25, -0.2) is 5.01 Å². The van der Waals surface area contributed by atoms with Crippen molar-refractivity contribution in [1.82, 2.24) is 26.5 Å². The number of aliphatic hydroxyl groups excluding tert-OH is 1. The number of carbonyl (C=O) groups is 1. The average molecular weight is 408 g/mol. The Morgan fingerprint density at radius 1 is 1.17 bits per heavy atom. The summed E-state index contributed by atoms with van der Waals surface area (Å²) in [5, 5.41) is 18.6. The fourth-order valence-electron chi connectivity index (χ4n) is 6.10. The molecule has 2 aliphatic heterocycles. The van der Waals surface area contributed by atoms with Gasteiger partial charge in [0.25, 0.3) is 0 Å². The van der Waals surface area contributed by atoms with E-state index in [-0.39, 0.29) is 24.2 Å². The normalized spacial score (nSPS) is 44.0. The number of fused-ring (bicyclic) bond motifs is 1. The molecule has 29 heavy (non-hydrogen) atoms. The van der Waals surface area contributed by atoms with E-state index in [0.717, 1.165) is 12.3 Å². The third kappa shape index (κ3) is 4.48. The summed E-state index contributed by atoms with van der Waals surface area (Å²) in [5.74, 6) is 2.83. The second-order valence-corrected chi connectivity index (χ2v) is 10.1. The number of amides is 1. The molecule has 0 bridgehead atoms. The molecule has 5 rings (SSSR count). The Bertz CT molecular complexity index is 601. The van der Waals surface area contributed by atoms with Gasteiger partial charge in [-0.2, -0.15) is 5.48 Å². The molecule has 2 heterocycles. The van der Waals surface area contributed by atoms with E-state index >= 15 is 0 Å². The molecule has 0 aromatic rings. The third-order valence-electron chi connectivity index (χ3n) is 7.82. The molecule has 6 unspecified atom stereocenters. The molecule has 0 spiro atoms. The molecule has 2 saturated heterocycles. The van der Waals surface area contributed by atoms with Crippen LogP contribution in [0.15, 0.2) is 0 Å². The Kier molecular flexibility index (Phi) is 5.84. The number of hydrazine groups is 1. The molecule has 5 N–H and O–H groups in total. The second kappa shape index (κ2) is 8.40. The molecule has 3 saturated carbocycles. The monoisotopic (exact) mass is 407 g/mol. The van der Waals surface area contributed by atoms with Crippen LogP contribution in [0.3, 0.4) is 0 Å². The summed E-state index contributed by atoms with van der Waals surface area (Å²) in [5.41, 5.74) is 6.51. The highest BCUT2D eigenvalue weighted by Gasteiger charge is 2.46. The van der Waals surface area contributed by atoms with Crippen LogP contribution in [-0.4, -0.2) is 60.2 Å². The fourth-order valence-corrected chi connectivity index (χ4v) is 6.10. The van der Waals surface area contributed by atoms with Gasteiger partial charge in [0.1, 0.15) is 6.23 Å². The Morgan fingerprint density at radius 2 is 1.97 bits per heavy atom. The summed E-state index contributed by atoms with van der Waals surface area (Å²) in [7, 11) is 0. The van der Waals surface area contributed by atoms with E-state index in [1.165, 1.54) is 38.5 Å². The van der Waals surface area contributed by atoms with Crippen LogP contribution in [0.1, 0.15) is 51.9 Å². The highest BCUT2D eigenvalue weighted by Crippen LogP contribution is 2.46. The lowest BCUT2D eigenvalue weighted by Crippen LogP contribution is -2.47. The Labute approximate surface area is 173 Å². The SMILES string of the molecule is C[C@@H](O)CN1CC(C(=O)N[C@@H]2CCC3CC(C4NOC(C5CC5)N4)CCC32)CN1. The highest BCUT2D eigenvalue weighted by atomic mass is 16.7. The van der Waals surface area contributed by atoms with Crippen LogP contribution in [0.4, 0.5) is 0 Å². The number of aliphatic hydroxyl groups is 1. The number of nitrogens with one attached hydrogen (secondary N) is 4. The quantitative estimate of drug-likeness (QED) is 0.432. The maximum absolute atomic E-state index is 12.8. The zero-order valence-corrected chi connectivity index (χ0v) is 17.5. The van der Waals surface area contributed by atoms with Crippen LogP contribution < -0.4 is 21.5 Å². The van der Waals surface area contributed by atoms with Crippen molar-refractivity contribution in [2.75, 3.05) is 19.6 Å². The fraction of sp³-hybridized carbons (Fsp3) is 0.952. The van der Waals surface area contributed by atoms with Crippen molar-refractivity contribution in [3.8, 4) is 0 Å². The number of hydroxylamine groups is 1. The second-order valence-electron chi connectivity index (χ2n) is 10.1. The largest absolute Gasteiger partial charge is 0.392 e. The summed E-state index contributed by atoms with van der Waals surface area (Å²) in [6.45, 7) is 3.69. The molecule has 0 aromatic carbocycles. The highest BCUT2D eigenvalue weighted by molar-refractivity contribution is 5.79. The molecule has 0 radical (unpaired) electrons. The van der Waals surface area contributed by atoms with E-state index in [0.29, 0.717) is 49.6 Å². The number of hydrogen-bond acceptors (Lipinski definition) is 7. The van der Waals surface area contributed by atoms with Gasteiger partial charge in [0.05, 0.1) is 18.2 Å². The molecular weight excluding hydrogens is 370 g/mol. The van der Waals surface area contributed by atoms with Crippen LogP contribution in [0.5, 0.6) is 0 Å². The third-order valence-corrected chi connectivity index (χ3v) is 7.82. The predicted molar refractivity (Wildman–Crippen MR) is 108 cm³/mol. The van der Waals surface area contributed by atoms with Crippen molar-refractivity contribution < 1.29 is 14.7 Å². The molecule has 5 aliphatic rings. The minimum absolute atomic E-state index is 0.0208. The summed E-state index contributed by atoms with van der Waals surface area (Å²) in [6, 6.07) is 0.333. The van der Waals surface area contributed by atoms with Gasteiger partial charge in [0, 0.05) is 31.6 Å². The molecule has 5 fully saturated rings. The maximum atomic E-state index is 12.8. The smallest absolute Gasteiger partial charge is 0.226 e. The zero-order valence-electron chi connectivity index (χ0n) is 17.5. The van der Waals surface area contributed by atoms with Crippen LogP contribution in [0.25, 0.3) is 0 Å². The summed E-state index contributed by atoms with van der Waals surface area (Å²) >= 11 is 0. The Balaban J connectivity index is 1.09. The zero-order chi connectivity index (χ0) is 20.0. The summed E-state index contributed by atoms with van der Waals surface area (Å²) < 4.78 is 0. The topological polar surface area (TPSA) is 97.9 Å². The van der Waals surface area contributed by atoms with E-state index in [2.05, 4.69) is 21.5 Å². The number of carbonyl (C=O) groups excluding carboxylic acids is 1. The lowest BCUT2D eigenvalue weighted by molar-refractivity contribution is -0.125. The predicted octanol–water partition coefficient (Wildman–Crippen LogP) is 0.301. The Morgan fingerprint density at radius 3 is 2.76 bits per heavy atom. The minimum Gasteiger partial charge on any atom is -0.392 e. The van der Waals surface area contributed by atoms with Crippen LogP contribution in [-0.2, 0) is 9.63 Å². The van der Waals surface area contributed by atoms with Crippen LogP contribution >= 0.6 is 0 Å². The molecule has 0 aromatic heterocycles. The van der Waals surface area contributed by atoms with E-state index in [4.69, 9.17) is 4.84 Å². The van der Waals surface area contributed by atoms with Crippen molar-refractivity contribution in [3.05, 3.63) is 0 Å². The first-order valence-corrected chi connectivity index (χ1v) is 11.7. The lowest BCUT2D eigenvalue weighted by Gasteiger charge is -2.36. The first kappa shape index (κ1) is 20.2. The molecule has 1 amide bonds. The van der Waals surface area contributed by atoms with E-state index in [9.17, 15) is 9.90 Å². The van der Waals surface area contributed by atoms with Gasteiger partial charge in [-0.05, 0) is 69.6 Å². The Hall–Kier alpha value is -0.770. The van der Waals surface area contributed by atoms with E-state index < -0.39 is 0 Å². The molecule has 8 nitrogen and oxygen atoms in total. The lowest BCUT2D eigenvalue weighted by atomic mass is 9.73. The van der Waals surface area contributed by atoms with Crippen LogP contribution in [0.2, 0.25) is 0 Å². The van der Waals surface area contributed by atoms with E-state index in [1.54, 1.807) is 6.92 Å². The van der Waals surface area contributed by atoms with Gasteiger partial charge >= 0.3 is 0 Å². The van der Waals surface area contributed by atoms with Gasteiger partial charge in [-0.1, -0.05) is 0 Å². The first-order chi connectivity index (χ1) is 14.1. The van der Waals surface area contributed by atoms with Crippen molar-refractivity contribution in [2.45, 2.75) is 76.4 Å². The molecular formula is C21H37N5O3. The molecule has 8 heteroatoms. The average Bonchev–Trinajstić information content (AvgIpc) is 3.10. The number of nitrogens with zero attached hydrogens (tertiary/aromatic N) is 1. The van der Waals surface area contributed by atoms with Gasteiger partial charge in [0.2, 0.25) is 5.91 Å². The summed E-state index contributed by atoms with van der Waals surface area (Å²) in [6.07, 6.45) is 8.66. The van der Waals surface area contributed by atoms with Crippen molar-refractivity contribution >= 4 is 5.91 Å². The maximum Gasteiger partial charge on any atom is 0.226 e.